The molecule has 6 nitrogen and oxygen atoms in total. The number of aliphatic hydroxyl groups is 1. The number of pyridine rings is 1. The van der Waals surface area contributed by atoms with Gasteiger partial charge in [-0.25, -0.2) is 4.39 Å². The van der Waals surface area contributed by atoms with E-state index in [2.05, 4.69) is 4.98 Å². The Balaban J connectivity index is 1.86. The predicted molar refractivity (Wildman–Crippen MR) is 124 cm³/mol. The molecule has 1 N–H and O–H groups in total. The third-order valence-corrected chi connectivity index (χ3v) is 5.77. The summed E-state index contributed by atoms with van der Waals surface area (Å²) in [6, 6.07) is 14.3. The number of hydrogen-bond donors (Lipinski definition) is 1. The highest BCUT2D eigenvalue weighted by Gasteiger charge is 2.46. The van der Waals surface area contributed by atoms with Crippen molar-refractivity contribution in [2.24, 2.45) is 0 Å². The van der Waals surface area contributed by atoms with Crippen LogP contribution in [-0.2, 0) is 16.1 Å². The number of aromatic nitrogens is 1. The van der Waals surface area contributed by atoms with Gasteiger partial charge in [0.25, 0.3) is 11.7 Å². The maximum Gasteiger partial charge on any atom is 0.295 e. The Labute approximate surface area is 191 Å². The lowest BCUT2D eigenvalue weighted by molar-refractivity contribution is -0.140. The third kappa shape index (κ3) is 4.22. The van der Waals surface area contributed by atoms with Gasteiger partial charge in [-0.05, 0) is 60.0 Å². The average molecular weight is 445 g/mol. The summed E-state index contributed by atoms with van der Waals surface area (Å²) in [5, 5.41) is 11.1. The first-order valence-corrected chi connectivity index (χ1v) is 10.5. The lowest BCUT2D eigenvalue weighted by Crippen LogP contribution is -2.29. The van der Waals surface area contributed by atoms with Gasteiger partial charge >= 0.3 is 0 Å². The Bertz CT molecular complexity index is 1240. The maximum absolute atomic E-state index is 13.8. The molecular weight excluding hydrogens is 421 g/mol. The van der Waals surface area contributed by atoms with Gasteiger partial charge in [0, 0.05) is 44.3 Å². The van der Waals surface area contributed by atoms with Crippen LogP contribution in [0.1, 0.15) is 28.3 Å². The van der Waals surface area contributed by atoms with Gasteiger partial charge < -0.3 is 14.9 Å². The monoisotopic (exact) mass is 445 g/mol. The number of hydrogen-bond acceptors (Lipinski definition) is 5. The molecular formula is C26H24FN3O3. The van der Waals surface area contributed by atoms with Crippen LogP contribution in [0.3, 0.4) is 0 Å². The molecule has 1 aromatic heterocycles. The second-order valence-corrected chi connectivity index (χ2v) is 8.24. The van der Waals surface area contributed by atoms with Crippen LogP contribution < -0.4 is 4.90 Å². The number of nitrogens with zero attached hydrogens (tertiary/aromatic N) is 3. The molecule has 1 unspecified atom stereocenters. The van der Waals surface area contributed by atoms with Gasteiger partial charge in [-0.2, -0.15) is 0 Å². The molecule has 0 saturated carbocycles. The van der Waals surface area contributed by atoms with E-state index in [0.29, 0.717) is 11.1 Å². The summed E-state index contributed by atoms with van der Waals surface area (Å²) in [5.74, 6) is -2.23. The number of aryl methyl sites for hydroxylation is 1. The quantitative estimate of drug-likeness (QED) is 0.362. The molecule has 4 rings (SSSR count). The number of Topliss-reactive ketones (excluding diaryl/α,β-unsaturated/α-hetero) is 1. The lowest BCUT2D eigenvalue weighted by atomic mass is 9.94. The van der Waals surface area contributed by atoms with Crippen LogP contribution in [0.4, 0.5) is 10.1 Å². The number of halogens is 1. The summed E-state index contributed by atoms with van der Waals surface area (Å²) in [7, 11) is 3.83. The van der Waals surface area contributed by atoms with E-state index in [9.17, 15) is 19.1 Å². The van der Waals surface area contributed by atoms with Gasteiger partial charge in [-0.3, -0.25) is 14.6 Å². The summed E-state index contributed by atoms with van der Waals surface area (Å²) in [5.41, 5.74) is 2.99. The topological polar surface area (TPSA) is 73.7 Å². The number of amides is 1. The van der Waals surface area contributed by atoms with E-state index >= 15 is 0 Å². The minimum atomic E-state index is -0.799. The zero-order valence-corrected chi connectivity index (χ0v) is 18.6. The molecule has 33 heavy (non-hydrogen) atoms. The Morgan fingerprint density at radius 2 is 1.85 bits per heavy atom. The van der Waals surface area contributed by atoms with Gasteiger partial charge in [-0.15, -0.1) is 0 Å². The van der Waals surface area contributed by atoms with Crippen molar-refractivity contribution in [3.05, 3.63) is 101 Å². The standard InChI is InChI=1S/C26H24FN3O3/c1-16-13-19(8-11-21(16)27)24(31)22-23(18-6-9-20(10-7-18)29(2)3)30(26(33)25(22)32)15-17-5-4-12-28-14-17/h4-14,23,31H,15H2,1-3H3/b24-22-. The molecule has 3 aromatic rings. The van der Waals surface area contributed by atoms with Crippen molar-refractivity contribution in [2.45, 2.75) is 19.5 Å². The van der Waals surface area contributed by atoms with Crippen LogP contribution in [0, 0.1) is 12.7 Å². The minimum absolute atomic E-state index is 0.0208. The zero-order chi connectivity index (χ0) is 23.7. The molecule has 2 heterocycles. The first kappa shape index (κ1) is 22.2. The SMILES string of the molecule is Cc1cc(/C(O)=C2/C(=O)C(=O)N(Cc3cccnc3)C2c2ccc(N(C)C)cc2)ccc1F. The zero-order valence-electron chi connectivity index (χ0n) is 18.6. The van der Waals surface area contributed by atoms with Gasteiger partial charge in [0.1, 0.15) is 11.6 Å². The van der Waals surface area contributed by atoms with Gasteiger partial charge in [-0.1, -0.05) is 18.2 Å². The predicted octanol–water partition coefficient (Wildman–Crippen LogP) is 4.22. The number of carbonyl (C=O) groups is 2. The summed E-state index contributed by atoms with van der Waals surface area (Å²) in [4.78, 5) is 33.7. The highest BCUT2D eigenvalue weighted by Crippen LogP contribution is 2.40. The number of anilines is 1. The number of rotatable bonds is 5. The first-order chi connectivity index (χ1) is 15.8. The summed E-state index contributed by atoms with van der Waals surface area (Å²) >= 11 is 0. The Morgan fingerprint density at radius 3 is 2.45 bits per heavy atom. The van der Waals surface area contributed by atoms with E-state index in [-0.39, 0.29) is 23.4 Å². The van der Waals surface area contributed by atoms with E-state index in [1.165, 1.54) is 23.1 Å². The molecule has 1 aliphatic rings. The summed E-state index contributed by atoms with van der Waals surface area (Å²) in [6.07, 6.45) is 3.26. The van der Waals surface area contributed by atoms with Gasteiger partial charge in [0.05, 0.1) is 11.6 Å². The van der Waals surface area contributed by atoms with Crippen molar-refractivity contribution in [2.75, 3.05) is 19.0 Å². The van der Waals surface area contributed by atoms with Crippen molar-refractivity contribution in [3.63, 3.8) is 0 Å². The molecule has 1 amide bonds. The Morgan fingerprint density at radius 1 is 1.12 bits per heavy atom. The van der Waals surface area contributed by atoms with Crippen LogP contribution in [0.5, 0.6) is 0 Å². The molecule has 7 heteroatoms. The number of carbonyl (C=O) groups excluding carboxylic acids is 2. The van der Waals surface area contributed by atoms with E-state index in [0.717, 1.165) is 11.3 Å². The number of likely N-dealkylation sites (tertiary alicyclic amines) is 1. The fourth-order valence-corrected chi connectivity index (χ4v) is 3.98. The molecule has 168 valence electrons. The van der Waals surface area contributed by atoms with Gasteiger partial charge in [0.15, 0.2) is 0 Å². The summed E-state index contributed by atoms with van der Waals surface area (Å²) < 4.78 is 13.8. The van der Waals surface area contributed by atoms with Crippen LogP contribution in [0.25, 0.3) is 5.76 Å². The van der Waals surface area contributed by atoms with Crippen LogP contribution in [-0.4, -0.2) is 40.8 Å². The Hall–Kier alpha value is -4.00. The fourth-order valence-electron chi connectivity index (χ4n) is 3.98. The van der Waals surface area contributed by atoms with E-state index in [4.69, 9.17) is 0 Å². The lowest BCUT2D eigenvalue weighted by Gasteiger charge is -2.26. The second kappa shape index (κ2) is 8.86. The average Bonchev–Trinajstić information content (AvgIpc) is 3.06. The molecule has 0 bridgehead atoms. The van der Waals surface area contributed by atoms with Gasteiger partial charge in [0.2, 0.25) is 0 Å². The van der Waals surface area contributed by atoms with Crippen molar-refractivity contribution in [3.8, 4) is 0 Å². The first-order valence-electron chi connectivity index (χ1n) is 10.5. The smallest absolute Gasteiger partial charge is 0.295 e. The molecule has 1 aliphatic heterocycles. The second-order valence-electron chi connectivity index (χ2n) is 8.24. The summed E-state index contributed by atoms with van der Waals surface area (Å²) in [6.45, 7) is 1.72. The molecule has 1 fully saturated rings. The molecule has 0 radical (unpaired) electrons. The number of aliphatic hydroxyl groups excluding tert-OH is 1. The van der Waals surface area contributed by atoms with Crippen LogP contribution >= 0.6 is 0 Å². The van der Waals surface area contributed by atoms with E-state index in [1.54, 1.807) is 25.4 Å². The van der Waals surface area contributed by atoms with Crippen LogP contribution in [0.15, 0.2) is 72.6 Å². The van der Waals surface area contributed by atoms with E-state index in [1.807, 2.05) is 49.3 Å². The third-order valence-electron chi connectivity index (χ3n) is 5.77. The van der Waals surface area contributed by atoms with Crippen molar-refractivity contribution >= 4 is 23.1 Å². The molecule has 2 aromatic carbocycles. The molecule has 0 aliphatic carbocycles. The van der Waals surface area contributed by atoms with Crippen LogP contribution in [0.2, 0.25) is 0 Å². The van der Waals surface area contributed by atoms with Crippen molar-refractivity contribution < 1.29 is 19.1 Å². The number of ketones is 1. The molecule has 1 atom stereocenters. The fraction of sp³-hybridized carbons (Fsp3) is 0.192. The highest BCUT2D eigenvalue weighted by molar-refractivity contribution is 6.46. The largest absolute Gasteiger partial charge is 0.507 e. The number of benzene rings is 2. The normalized spacial score (nSPS) is 17.5. The molecule has 0 spiro atoms. The Kier molecular flexibility index (Phi) is 5.96. The minimum Gasteiger partial charge on any atom is -0.507 e. The maximum atomic E-state index is 13.8. The van der Waals surface area contributed by atoms with Crippen molar-refractivity contribution in [1.29, 1.82) is 0 Å². The van der Waals surface area contributed by atoms with E-state index < -0.39 is 23.5 Å². The molecule has 1 saturated heterocycles. The highest BCUT2D eigenvalue weighted by atomic mass is 19.1. The van der Waals surface area contributed by atoms with Crippen molar-refractivity contribution in [1.82, 2.24) is 9.88 Å².